The maximum atomic E-state index is 12.0. The number of carbonyl (C=O) groups excluding carboxylic acids is 2. The minimum absolute atomic E-state index is 0.0251. The zero-order valence-electron chi connectivity index (χ0n) is 11.6. The molecule has 1 fully saturated rings. The van der Waals surface area contributed by atoms with Gasteiger partial charge in [-0.3, -0.25) is 14.9 Å². The van der Waals surface area contributed by atoms with Crippen LogP contribution < -0.4 is 10.6 Å². The Labute approximate surface area is 136 Å². The van der Waals surface area contributed by atoms with Crippen molar-refractivity contribution < 1.29 is 9.59 Å². The van der Waals surface area contributed by atoms with Crippen LogP contribution >= 0.6 is 22.9 Å². The van der Waals surface area contributed by atoms with Gasteiger partial charge in [-0.25, -0.2) is 4.98 Å². The van der Waals surface area contributed by atoms with Gasteiger partial charge in [-0.2, -0.15) is 0 Å². The molecule has 114 valence electrons. The van der Waals surface area contributed by atoms with Crippen LogP contribution in [0.15, 0.2) is 30.5 Å². The first kappa shape index (κ1) is 15.0. The number of carbonyl (C=O) groups is 2. The average molecular weight is 336 g/mol. The van der Waals surface area contributed by atoms with Crippen LogP contribution in [-0.4, -0.2) is 16.8 Å². The van der Waals surface area contributed by atoms with Crippen LogP contribution in [0.1, 0.15) is 29.6 Å². The van der Waals surface area contributed by atoms with E-state index in [-0.39, 0.29) is 11.8 Å². The Balaban J connectivity index is 1.58. The number of thiazole rings is 1. The van der Waals surface area contributed by atoms with E-state index in [9.17, 15) is 9.59 Å². The zero-order valence-corrected chi connectivity index (χ0v) is 13.2. The van der Waals surface area contributed by atoms with Crippen molar-refractivity contribution in [2.75, 3.05) is 10.6 Å². The minimum atomic E-state index is -0.262. The van der Waals surface area contributed by atoms with Gasteiger partial charge in [0.25, 0.3) is 5.91 Å². The molecule has 1 aliphatic carbocycles. The molecule has 3 rings (SSSR count). The molecule has 0 atom stereocenters. The highest BCUT2D eigenvalue weighted by atomic mass is 35.5. The van der Waals surface area contributed by atoms with E-state index >= 15 is 0 Å². The molecule has 5 nitrogen and oxygen atoms in total. The predicted octanol–water partition coefficient (Wildman–Crippen LogP) is 3.79. The first-order chi connectivity index (χ1) is 10.6. The van der Waals surface area contributed by atoms with E-state index < -0.39 is 0 Å². The van der Waals surface area contributed by atoms with Gasteiger partial charge in [0.05, 0.1) is 6.20 Å². The Morgan fingerprint density at radius 3 is 2.55 bits per heavy atom. The van der Waals surface area contributed by atoms with Crippen molar-refractivity contribution in [2.24, 2.45) is 5.92 Å². The Morgan fingerprint density at radius 2 is 1.95 bits per heavy atom. The lowest BCUT2D eigenvalue weighted by molar-refractivity contribution is -0.116. The van der Waals surface area contributed by atoms with Gasteiger partial charge < -0.3 is 5.32 Å². The van der Waals surface area contributed by atoms with Gasteiger partial charge in [0.15, 0.2) is 5.13 Å². The summed E-state index contributed by atoms with van der Waals surface area (Å²) in [5, 5.41) is 5.96. The molecular weight excluding hydrogens is 322 g/mol. The fourth-order valence-electron chi connectivity index (χ4n) is 1.98. The van der Waals surface area contributed by atoms with Crippen LogP contribution in [0.5, 0.6) is 0 Å². The van der Waals surface area contributed by atoms with Crippen molar-refractivity contribution >= 4 is 45.6 Å². The number of hydrogen-bond acceptors (Lipinski definition) is 4. The molecule has 1 aliphatic rings. The highest BCUT2D eigenvalue weighted by molar-refractivity contribution is 7.19. The summed E-state index contributed by atoms with van der Waals surface area (Å²) in [5.74, 6) is 0.314. The topological polar surface area (TPSA) is 71.1 Å². The van der Waals surface area contributed by atoms with Gasteiger partial charge in [0.2, 0.25) is 5.91 Å². The van der Waals surface area contributed by atoms with Gasteiger partial charge in [-0.15, -0.1) is 0 Å². The number of amides is 2. The highest BCUT2D eigenvalue weighted by Crippen LogP contribution is 2.32. The summed E-state index contributed by atoms with van der Waals surface area (Å²) in [7, 11) is 0. The van der Waals surface area contributed by atoms with Crippen molar-refractivity contribution in [3.05, 3.63) is 40.4 Å². The lowest BCUT2D eigenvalue weighted by atomic mass is 10.2. The molecule has 2 amide bonds. The quantitative estimate of drug-likeness (QED) is 0.873. The molecule has 0 bridgehead atoms. The summed E-state index contributed by atoms with van der Waals surface area (Å²) in [4.78, 5) is 27.7. The zero-order chi connectivity index (χ0) is 15.5. The summed E-state index contributed by atoms with van der Waals surface area (Å²) < 4.78 is 0.518. The predicted molar refractivity (Wildman–Crippen MR) is 87.5 cm³/mol. The summed E-state index contributed by atoms with van der Waals surface area (Å²) in [6.07, 6.45) is 4.36. The van der Waals surface area contributed by atoms with E-state index in [4.69, 9.17) is 11.6 Å². The van der Waals surface area contributed by atoms with Crippen LogP contribution in [0.25, 0.3) is 0 Å². The van der Waals surface area contributed by atoms with Crippen molar-refractivity contribution in [1.29, 1.82) is 0 Å². The second kappa shape index (κ2) is 6.46. The molecule has 0 spiro atoms. The summed E-state index contributed by atoms with van der Waals surface area (Å²) >= 11 is 6.96. The third kappa shape index (κ3) is 4.05. The van der Waals surface area contributed by atoms with Gasteiger partial charge in [0, 0.05) is 17.7 Å². The van der Waals surface area contributed by atoms with Gasteiger partial charge in [0.1, 0.15) is 4.34 Å². The van der Waals surface area contributed by atoms with E-state index in [2.05, 4.69) is 15.6 Å². The molecule has 2 aromatic rings. The van der Waals surface area contributed by atoms with Crippen molar-refractivity contribution in [1.82, 2.24) is 4.98 Å². The molecule has 0 aliphatic heterocycles. The summed E-state index contributed by atoms with van der Waals surface area (Å²) in [5.41, 5.74) is 1.19. The lowest BCUT2D eigenvalue weighted by Gasteiger charge is -2.06. The molecule has 1 saturated carbocycles. The number of nitrogens with zero attached hydrogens (tertiary/aromatic N) is 1. The largest absolute Gasteiger partial charge is 0.326 e. The molecular formula is C15H14ClN3O2S. The molecule has 22 heavy (non-hydrogen) atoms. The Morgan fingerprint density at radius 1 is 1.23 bits per heavy atom. The number of benzene rings is 1. The van der Waals surface area contributed by atoms with E-state index in [0.717, 1.165) is 12.8 Å². The molecule has 0 saturated heterocycles. The third-order valence-electron chi connectivity index (χ3n) is 3.30. The van der Waals surface area contributed by atoms with Crippen molar-refractivity contribution in [3.8, 4) is 0 Å². The van der Waals surface area contributed by atoms with Crippen molar-refractivity contribution in [2.45, 2.75) is 19.3 Å². The molecule has 1 aromatic carbocycles. The maximum Gasteiger partial charge on any atom is 0.257 e. The first-order valence-corrected chi connectivity index (χ1v) is 8.12. The molecule has 7 heteroatoms. The standard InChI is InChI=1S/C15H14ClN3O2S/c16-12-8-17-15(22-12)19-14(21)10-3-5-11(6-4-10)18-13(20)7-9-1-2-9/h3-6,8-9H,1-2,7H2,(H,18,20)(H,17,19,21). The molecule has 2 N–H and O–H groups in total. The second-order valence-electron chi connectivity index (χ2n) is 5.20. The van der Waals surface area contributed by atoms with E-state index in [1.54, 1.807) is 24.3 Å². The van der Waals surface area contributed by atoms with E-state index in [1.807, 2.05) is 0 Å². The normalized spacial score (nSPS) is 13.7. The lowest BCUT2D eigenvalue weighted by Crippen LogP contribution is -2.13. The van der Waals surface area contributed by atoms with Crippen LogP contribution in [0.4, 0.5) is 10.8 Å². The smallest absolute Gasteiger partial charge is 0.257 e. The Hall–Kier alpha value is -1.92. The van der Waals surface area contributed by atoms with Crippen LogP contribution in [-0.2, 0) is 4.79 Å². The number of nitrogens with one attached hydrogen (secondary N) is 2. The molecule has 1 heterocycles. The first-order valence-electron chi connectivity index (χ1n) is 6.93. The van der Waals surface area contributed by atoms with Crippen LogP contribution in [0.2, 0.25) is 4.34 Å². The number of anilines is 2. The fourth-order valence-corrected chi connectivity index (χ4v) is 2.79. The van der Waals surface area contributed by atoms with E-state index in [0.29, 0.717) is 33.1 Å². The molecule has 1 aromatic heterocycles. The Kier molecular flexibility index (Phi) is 4.40. The fraction of sp³-hybridized carbons (Fsp3) is 0.267. The van der Waals surface area contributed by atoms with Gasteiger partial charge >= 0.3 is 0 Å². The van der Waals surface area contributed by atoms with Gasteiger partial charge in [-0.1, -0.05) is 22.9 Å². The minimum Gasteiger partial charge on any atom is -0.326 e. The van der Waals surface area contributed by atoms with Crippen molar-refractivity contribution in [3.63, 3.8) is 0 Å². The Bertz CT molecular complexity index is 695. The number of rotatable bonds is 5. The number of hydrogen-bond donors (Lipinski definition) is 2. The monoisotopic (exact) mass is 335 g/mol. The molecule has 0 unspecified atom stereocenters. The summed E-state index contributed by atoms with van der Waals surface area (Å²) in [6, 6.07) is 6.76. The van der Waals surface area contributed by atoms with Crippen LogP contribution in [0, 0.1) is 5.92 Å². The maximum absolute atomic E-state index is 12.0. The number of aromatic nitrogens is 1. The SMILES string of the molecule is O=C(CC1CC1)Nc1ccc(C(=O)Nc2ncc(Cl)s2)cc1. The molecule has 0 radical (unpaired) electrons. The van der Waals surface area contributed by atoms with E-state index in [1.165, 1.54) is 17.5 Å². The number of halogens is 1. The average Bonchev–Trinajstić information content (AvgIpc) is 3.20. The summed E-state index contributed by atoms with van der Waals surface area (Å²) in [6.45, 7) is 0. The second-order valence-corrected chi connectivity index (χ2v) is 6.86. The highest BCUT2D eigenvalue weighted by Gasteiger charge is 2.24. The van der Waals surface area contributed by atoms with Crippen LogP contribution in [0.3, 0.4) is 0 Å². The van der Waals surface area contributed by atoms with Gasteiger partial charge in [-0.05, 0) is 43.0 Å². The third-order valence-corrected chi connectivity index (χ3v) is 4.33.